The van der Waals surface area contributed by atoms with Crippen LogP contribution in [0.2, 0.25) is 0 Å². The third kappa shape index (κ3) is 2.94. The molecule has 0 aliphatic carbocycles. The number of aromatic nitrogens is 2. The van der Waals surface area contributed by atoms with Crippen LogP contribution >= 0.6 is 0 Å². The van der Waals surface area contributed by atoms with E-state index in [1.165, 1.54) is 16.7 Å². The molecule has 1 aliphatic rings. The molecule has 0 atom stereocenters. The van der Waals surface area contributed by atoms with Crippen LogP contribution in [0.15, 0.2) is 47.6 Å². The summed E-state index contributed by atoms with van der Waals surface area (Å²) in [5.74, 6) is 0.523. The number of sulfonamides is 1. The third-order valence-corrected chi connectivity index (χ3v) is 5.23. The Balaban J connectivity index is 1.87. The van der Waals surface area contributed by atoms with Gasteiger partial charge in [-0.2, -0.15) is 4.31 Å². The number of benzene rings is 1. The maximum Gasteiger partial charge on any atom is 0.246 e. The van der Waals surface area contributed by atoms with Gasteiger partial charge in [0, 0.05) is 31.7 Å². The van der Waals surface area contributed by atoms with Crippen LogP contribution in [-0.2, 0) is 10.0 Å². The summed E-state index contributed by atoms with van der Waals surface area (Å²) < 4.78 is 26.4. The fourth-order valence-electron chi connectivity index (χ4n) is 2.22. The molecule has 2 heterocycles. The highest BCUT2D eigenvalue weighted by molar-refractivity contribution is 7.89. The van der Waals surface area contributed by atoms with Crippen molar-refractivity contribution in [1.82, 2.24) is 19.6 Å². The van der Waals surface area contributed by atoms with Gasteiger partial charge in [-0.15, -0.1) is 0 Å². The zero-order valence-electron chi connectivity index (χ0n) is 11.4. The van der Waals surface area contributed by atoms with Crippen molar-refractivity contribution in [3.63, 3.8) is 0 Å². The second kappa shape index (κ2) is 5.88. The highest BCUT2D eigenvalue weighted by Gasteiger charge is 2.26. The van der Waals surface area contributed by atoms with Crippen molar-refractivity contribution in [2.45, 2.75) is 4.90 Å². The standard InChI is InChI=1S/C14H16N4O2S/c19-21(20,18-8-6-15-7-9-18)13-10-16-14(17-11-13)12-4-2-1-3-5-12/h1-5,10-11,15H,6-9H2. The van der Waals surface area contributed by atoms with Crippen LogP contribution in [0.1, 0.15) is 0 Å². The quantitative estimate of drug-likeness (QED) is 0.905. The van der Waals surface area contributed by atoms with E-state index < -0.39 is 10.0 Å². The lowest BCUT2D eigenvalue weighted by atomic mass is 10.2. The minimum Gasteiger partial charge on any atom is -0.314 e. The number of hydrogen-bond acceptors (Lipinski definition) is 5. The van der Waals surface area contributed by atoms with Crippen LogP contribution < -0.4 is 5.32 Å². The topological polar surface area (TPSA) is 75.2 Å². The molecule has 0 unspecified atom stereocenters. The summed E-state index contributed by atoms with van der Waals surface area (Å²) in [6.07, 6.45) is 2.76. The molecule has 6 nitrogen and oxygen atoms in total. The Morgan fingerprint density at radius 1 is 1.00 bits per heavy atom. The van der Waals surface area contributed by atoms with Gasteiger partial charge in [-0.1, -0.05) is 30.3 Å². The Morgan fingerprint density at radius 2 is 1.62 bits per heavy atom. The molecule has 1 aliphatic heterocycles. The number of nitrogens with zero attached hydrogens (tertiary/aromatic N) is 3. The van der Waals surface area contributed by atoms with Crippen LogP contribution in [0.5, 0.6) is 0 Å². The van der Waals surface area contributed by atoms with Crippen molar-refractivity contribution >= 4 is 10.0 Å². The number of hydrogen-bond donors (Lipinski definition) is 1. The zero-order chi connectivity index (χ0) is 14.7. The first-order valence-corrected chi connectivity index (χ1v) is 8.20. The van der Waals surface area contributed by atoms with Gasteiger partial charge < -0.3 is 5.32 Å². The lowest BCUT2D eigenvalue weighted by molar-refractivity contribution is 0.360. The van der Waals surface area contributed by atoms with E-state index in [0.717, 1.165) is 5.56 Å². The van der Waals surface area contributed by atoms with E-state index in [1.54, 1.807) is 0 Å². The number of piperazine rings is 1. The molecule has 1 saturated heterocycles. The molecule has 1 aromatic heterocycles. The van der Waals surface area contributed by atoms with Gasteiger partial charge in [0.1, 0.15) is 4.90 Å². The summed E-state index contributed by atoms with van der Waals surface area (Å²) in [6.45, 7) is 2.29. The van der Waals surface area contributed by atoms with Crippen LogP contribution in [0.25, 0.3) is 11.4 Å². The Bertz CT molecular complexity index is 696. The van der Waals surface area contributed by atoms with Gasteiger partial charge in [-0.05, 0) is 0 Å². The second-order valence-corrected chi connectivity index (χ2v) is 6.70. The molecule has 1 aromatic carbocycles. The molecule has 0 radical (unpaired) electrons. The van der Waals surface area contributed by atoms with Gasteiger partial charge in [-0.25, -0.2) is 18.4 Å². The Hall–Kier alpha value is -1.83. The molecule has 3 rings (SSSR count). The molecule has 0 spiro atoms. The van der Waals surface area contributed by atoms with E-state index in [2.05, 4.69) is 15.3 Å². The van der Waals surface area contributed by atoms with E-state index >= 15 is 0 Å². The normalized spacial score (nSPS) is 16.8. The number of nitrogens with one attached hydrogen (secondary N) is 1. The van der Waals surface area contributed by atoms with Crippen molar-refractivity contribution in [2.75, 3.05) is 26.2 Å². The van der Waals surface area contributed by atoms with Gasteiger partial charge >= 0.3 is 0 Å². The largest absolute Gasteiger partial charge is 0.314 e. The predicted octanol–water partition coefficient (Wildman–Crippen LogP) is 0.738. The summed E-state index contributed by atoms with van der Waals surface area (Å²) in [6, 6.07) is 9.47. The van der Waals surface area contributed by atoms with Gasteiger partial charge in [-0.3, -0.25) is 0 Å². The average molecular weight is 304 g/mol. The highest BCUT2D eigenvalue weighted by Crippen LogP contribution is 2.18. The molecular weight excluding hydrogens is 288 g/mol. The molecule has 2 aromatic rings. The molecule has 110 valence electrons. The summed E-state index contributed by atoms with van der Waals surface area (Å²) in [4.78, 5) is 8.50. The third-order valence-electron chi connectivity index (χ3n) is 3.37. The molecule has 1 fully saturated rings. The molecule has 7 heteroatoms. The van der Waals surface area contributed by atoms with Crippen LogP contribution in [0.3, 0.4) is 0 Å². The fraction of sp³-hybridized carbons (Fsp3) is 0.286. The van der Waals surface area contributed by atoms with E-state index in [1.807, 2.05) is 30.3 Å². The van der Waals surface area contributed by atoms with Crippen LogP contribution in [-0.4, -0.2) is 48.9 Å². The smallest absolute Gasteiger partial charge is 0.246 e. The predicted molar refractivity (Wildman–Crippen MR) is 79.1 cm³/mol. The van der Waals surface area contributed by atoms with Gasteiger partial charge in [0.25, 0.3) is 0 Å². The van der Waals surface area contributed by atoms with Gasteiger partial charge in [0.15, 0.2) is 5.82 Å². The zero-order valence-corrected chi connectivity index (χ0v) is 12.3. The van der Waals surface area contributed by atoms with Crippen molar-refractivity contribution in [3.05, 3.63) is 42.7 Å². The van der Waals surface area contributed by atoms with Crippen molar-refractivity contribution < 1.29 is 8.42 Å². The molecule has 1 N–H and O–H groups in total. The van der Waals surface area contributed by atoms with E-state index in [4.69, 9.17) is 0 Å². The summed E-state index contributed by atoms with van der Waals surface area (Å²) in [5, 5.41) is 3.13. The lowest BCUT2D eigenvalue weighted by Gasteiger charge is -2.26. The minimum absolute atomic E-state index is 0.143. The highest BCUT2D eigenvalue weighted by atomic mass is 32.2. The molecule has 0 amide bonds. The van der Waals surface area contributed by atoms with E-state index in [9.17, 15) is 8.42 Å². The Labute approximate surface area is 123 Å². The maximum absolute atomic E-state index is 12.5. The first-order valence-electron chi connectivity index (χ1n) is 6.76. The monoisotopic (exact) mass is 304 g/mol. The molecule has 21 heavy (non-hydrogen) atoms. The maximum atomic E-state index is 12.5. The van der Waals surface area contributed by atoms with Crippen molar-refractivity contribution in [1.29, 1.82) is 0 Å². The molecular formula is C14H16N4O2S. The summed E-state index contributed by atoms with van der Waals surface area (Å²) >= 11 is 0. The van der Waals surface area contributed by atoms with Crippen molar-refractivity contribution in [2.24, 2.45) is 0 Å². The number of rotatable bonds is 3. The van der Waals surface area contributed by atoms with Gasteiger partial charge in [0.05, 0.1) is 12.4 Å². The SMILES string of the molecule is O=S(=O)(c1cnc(-c2ccccc2)nc1)N1CCNCC1. The Kier molecular flexibility index (Phi) is 3.96. The fourth-order valence-corrected chi connectivity index (χ4v) is 3.55. The minimum atomic E-state index is -3.49. The first kappa shape index (κ1) is 14.1. The summed E-state index contributed by atoms with van der Waals surface area (Å²) in [7, 11) is -3.49. The molecule has 0 saturated carbocycles. The Morgan fingerprint density at radius 3 is 2.24 bits per heavy atom. The van der Waals surface area contributed by atoms with E-state index in [0.29, 0.717) is 32.0 Å². The molecule has 0 bridgehead atoms. The van der Waals surface area contributed by atoms with Crippen LogP contribution in [0, 0.1) is 0 Å². The van der Waals surface area contributed by atoms with Crippen LogP contribution in [0.4, 0.5) is 0 Å². The first-order chi connectivity index (χ1) is 10.2. The van der Waals surface area contributed by atoms with Gasteiger partial charge in [0.2, 0.25) is 10.0 Å². The lowest BCUT2D eigenvalue weighted by Crippen LogP contribution is -2.46. The summed E-state index contributed by atoms with van der Waals surface area (Å²) in [5.41, 5.74) is 0.864. The average Bonchev–Trinajstić information content (AvgIpc) is 2.57. The van der Waals surface area contributed by atoms with E-state index in [-0.39, 0.29) is 4.90 Å². The van der Waals surface area contributed by atoms with Crippen molar-refractivity contribution in [3.8, 4) is 11.4 Å². The second-order valence-electron chi connectivity index (χ2n) is 4.76.